The number of halogens is 1. The van der Waals surface area contributed by atoms with Crippen molar-refractivity contribution in [1.29, 1.82) is 0 Å². The lowest BCUT2D eigenvalue weighted by atomic mass is 10.1. The summed E-state index contributed by atoms with van der Waals surface area (Å²) in [6, 6.07) is 12.7. The van der Waals surface area contributed by atoms with Crippen LogP contribution in [-0.4, -0.2) is 20.3 Å². The van der Waals surface area contributed by atoms with Crippen LogP contribution in [0.4, 0.5) is 4.39 Å². The monoisotopic (exact) mass is 396 g/mol. The number of hydrogen-bond acceptors (Lipinski definition) is 7. The smallest absolute Gasteiger partial charge is 0.277 e. The van der Waals surface area contributed by atoms with Crippen molar-refractivity contribution in [2.45, 2.75) is 31.2 Å². The summed E-state index contributed by atoms with van der Waals surface area (Å²) in [6.45, 7) is 5.59. The lowest BCUT2D eigenvalue weighted by Gasteiger charge is -2.02. The van der Waals surface area contributed by atoms with Gasteiger partial charge in [-0.25, -0.2) is 4.39 Å². The van der Waals surface area contributed by atoms with Gasteiger partial charge in [0.25, 0.3) is 5.22 Å². The third kappa shape index (κ3) is 3.68. The van der Waals surface area contributed by atoms with Crippen LogP contribution < -0.4 is 0 Å². The molecule has 0 aliphatic heterocycles. The van der Waals surface area contributed by atoms with E-state index in [0.717, 1.165) is 11.1 Å². The van der Waals surface area contributed by atoms with Gasteiger partial charge in [-0.3, -0.25) is 0 Å². The Kier molecular flexibility index (Phi) is 4.95. The van der Waals surface area contributed by atoms with Crippen LogP contribution in [0, 0.1) is 19.7 Å². The van der Waals surface area contributed by atoms with Crippen LogP contribution in [0.15, 0.2) is 56.6 Å². The first-order valence-electron chi connectivity index (χ1n) is 8.67. The van der Waals surface area contributed by atoms with Crippen molar-refractivity contribution in [3.63, 3.8) is 0 Å². The minimum Gasteiger partial charge on any atom is -0.411 e. The second kappa shape index (κ2) is 7.55. The van der Waals surface area contributed by atoms with E-state index in [4.69, 9.17) is 8.94 Å². The Morgan fingerprint density at radius 2 is 1.86 bits per heavy atom. The van der Waals surface area contributed by atoms with Crippen LogP contribution in [0.25, 0.3) is 22.8 Å². The van der Waals surface area contributed by atoms with E-state index >= 15 is 0 Å². The molecule has 1 atom stereocenters. The molecule has 2 aromatic heterocycles. The van der Waals surface area contributed by atoms with Gasteiger partial charge in [-0.15, -0.1) is 10.2 Å². The topological polar surface area (TPSA) is 77.8 Å². The summed E-state index contributed by atoms with van der Waals surface area (Å²) in [5.41, 5.74) is 3.09. The predicted molar refractivity (Wildman–Crippen MR) is 103 cm³/mol. The van der Waals surface area contributed by atoms with Gasteiger partial charge in [-0.2, -0.15) is 4.98 Å². The first-order chi connectivity index (χ1) is 13.5. The Morgan fingerprint density at radius 1 is 1.04 bits per heavy atom. The molecule has 0 amide bonds. The van der Waals surface area contributed by atoms with Gasteiger partial charge >= 0.3 is 0 Å². The van der Waals surface area contributed by atoms with Crippen LogP contribution in [0.1, 0.15) is 29.2 Å². The molecule has 2 heterocycles. The maximum absolute atomic E-state index is 13.8. The normalized spacial score (nSPS) is 12.3. The highest BCUT2D eigenvalue weighted by Gasteiger charge is 2.20. The quantitative estimate of drug-likeness (QED) is 0.418. The van der Waals surface area contributed by atoms with E-state index in [2.05, 4.69) is 20.3 Å². The van der Waals surface area contributed by atoms with E-state index < -0.39 is 0 Å². The molecule has 0 bridgehead atoms. The summed E-state index contributed by atoms with van der Waals surface area (Å²) in [5, 5.41) is 12.4. The number of hydrogen-bond donors (Lipinski definition) is 0. The number of benzene rings is 2. The van der Waals surface area contributed by atoms with Gasteiger partial charge in [0.05, 0.1) is 5.25 Å². The first kappa shape index (κ1) is 18.4. The van der Waals surface area contributed by atoms with Crippen molar-refractivity contribution in [1.82, 2.24) is 20.3 Å². The molecular formula is C20H17FN4O2S. The van der Waals surface area contributed by atoms with Gasteiger partial charge in [0.15, 0.2) is 0 Å². The molecule has 0 aliphatic carbocycles. The number of aromatic nitrogens is 4. The van der Waals surface area contributed by atoms with E-state index in [0.29, 0.717) is 34.0 Å². The van der Waals surface area contributed by atoms with Crippen molar-refractivity contribution in [3.8, 4) is 22.8 Å². The highest BCUT2D eigenvalue weighted by atomic mass is 32.2. The van der Waals surface area contributed by atoms with Crippen molar-refractivity contribution in [2.24, 2.45) is 0 Å². The average molecular weight is 396 g/mol. The average Bonchev–Trinajstić information content (AvgIpc) is 3.34. The molecule has 0 saturated carbocycles. The van der Waals surface area contributed by atoms with Crippen LogP contribution in [0.2, 0.25) is 0 Å². The van der Waals surface area contributed by atoms with Crippen molar-refractivity contribution in [3.05, 3.63) is 65.3 Å². The van der Waals surface area contributed by atoms with Crippen LogP contribution >= 0.6 is 11.8 Å². The van der Waals surface area contributed by atoms with Crippen LogP contribution in [0.3, 0.4) is 0 Å². The summed E-state index contributed by atoms with van der Waals surface area (Å²) in [4.78, 5) is 4.37. The maximum atomic E-state index is 13.8. The fourth-order valence-electron chi connectivity index (χ4n) is 2.63. The number of nitrogens with zero attached hydrogens (tertiary/aromatic N) is 4. The zero-order chi connectivity index (χ0) is 19.7. The lowest BCUT2D eigenvalue weighted by Crippen LogP contribution is -1.90. The zero-order valence-corrected chi connectivity index (χ0v) is 16.3. The fourth-order valence-corrected chi connectivity index (χ4v) is 3.34. The molecule has 142 valence electrons. The highest BCUT2D eigenvalue weighted by molar-refractivity contribution is 7.99. The number of thioether (sulfide) groups is 1. The van der Waals surface area contributed by atoms with E-state index in [-0.39, 0.29) is 11.1 Å². The standard InChI is InChI=1S/C20H17FN4O2S/c1-11-6-4-5-7-15(11)19-23-24-20(26-19)28-13(3)18-22-17(25-27-18)14-9-8-12(2)16(21)10-14/h4-10,13H,1-3H3. The highest BCUT2D eigenvalue weighted by Crippen LogP contribution is 2.35. The van der Waals surface area contributed by atoms with E-state index in [1.54, 1.807) is 19.1 Å². The van der Waals surface area contributed by atoms with Gasteiger partial charge in [0, 0.05) is 11.1 Å². The lowest BCUT2D eigenvalue weighted by molar-refractivity contribution is 0.379. The van der Waals surface area contributed by atoms with Crippen molar-refractivity contribution in [2.75, 3.05) is 0 Å². The molecule has 0 saturated heterocycles. The third-order valence-corrected chi connectivity index (χ3v) is 5.20. The summed E-state index contributed by atoms with van der Waals surface area (Å²) < 4.78 is 24.9. The minimum absolute atomic E-state index is 0.207. The summed E-state index contributed by atoms with van der Waals surface area (Å²) in [7, 11) is 0. The molecular weight excluding hydrogens is 379 g/mol. The molecule has 4 aromatic rings. The van der Waals surface area contributed by atoms with Gasteiger partial charge in [-0.1, -0.05) is 47.3 Å². The van der Waals surface area contributed by atoms with Gasteiger partial charge in [-0.05, 0) is 44.0 Å². The Hall–Kier alpha value is -3.00. The van der Waals surface area contributed by atoms with Gasteiger partial charge in [0.1, 0.15) is 5.82 Å². The first-order valence-corrected chi connectivity index (χ1v) is 9.55. The Morgan fingerprint density at radius 3 is 2.64 bits per heavy atom. The molecule has 0 aliphatic rings. The molecule has 0 radical (unpaired) electrons. The van der Waals surface area contributed by atoms with Crippen molar-refractivity contribution < 1.29 is 13.3 Å². The number of aryl methyl sites for hydroxylation is 2. The molecule has 0 spiro atoms. The largest absolute Gasteiger partial charge is 0.411 e. The molecule has 8 heteroatoms. The van der Waals surface area contributed by atoms with E-state index in [1.807, 2.05) is 38.1 Å². The summed E-state index contributed by atoms with van der Waals surface area (Å²) in [5.74, 6) is 0.902. The van der Waals surface area contributed by atoms with E-state index in [1.165, 1.54) is 17.8 Å². The summed E-state index contributed by atoms with van der Waals surface area (Å²) >= 11 is 1.32. The second-order valence-corrected chi connectivity index (χ2v) is 7.66. The molecule has 0 N–H and O–H groups in total. The minimum atomic E-state index is -0.305. The number of rotatable bonds is 5. The van der Waals surface area contributed by atoms with Crippen LogP contribution in [0.5, 0.6) is 0 Å². The zero-order valence-electron chi connectivity index (χ0n) is 15.5. The molecule has 4 rings (SSSR count). The van der Waals surface area contributed by atoms with Gasteiger partial charge in [0.2, 0.25) is 17.6 Å². The molecule has 1 unspecified atom stereocenters. The Bertz CT molecular complexity index is 1120. The van der Waals surface area contributed by atoms with Crippen molar-refractivity contribution >= 4 is 11.8 Å². The SMILES string of the molecule is Cc1ccc(-c2noc(C(C)Sc3nnc(-c4ccccc4C)o3)n2)cc1F. The third-order valence-electron chi connectivity index (χ3n) is 4.28. The Labute approximate surface area is 165 Å². The van der Waals surface area contributed by atoms with Crippen LogP contribution in [-0.2, 0) is 0 Å². The molecule has 0 fully saturated rings. The maximum Gasteiger partial charge on any atom is 0.277 e. The summed E-state index contributed by atoms with van der Waals surface area (Å²) in [6.07, 6.45) is 0. The predicted octanol–water partition coefficient (Wildman–Crippen LogP) is 5.40. The second-order valence-electron chi connectivity index (χ2n) is 6.37. The molecule has 28 heavy (non-hydrogen) atoms. The fraction of sp³-hybridized carbons (Fsp3) is 0.200. The molecule has 6 nitrogen and oxygen atoms in total. The Balaban J connectivity index is 1.50. The van der Waals surface area contributed by atoms with Gasteiger partial charge < -0.3 is 8.94 Å². The molecule has 2 aromatic carbocycles. The van der Waals surface area contributed by atoms with E-state index in [9.17, 15) is 4.39 Å².